The number of pyridine rings is 1. The molecule has 0 aliphatic carbocycles. The number of aromatic amines is 1. The highest BCUT2D eigenvalue weighted by Gasteiger charge is 2.20. The van der Waals surface area contributed by atoms with E-state index in [1.807, 2.05) is 30.3 Å². The Morgan fingerprint density at radius 1 is 1.27 bits per heavy atom. The molecular formula is C17H14Cl2N4O2S. The average molecular weight is 409 g/mol. The van der Waals surface area contributed by atoms with E-state index in [9.17, 15) is 4.79 Å². The van der Waals surface area contributed by atoms with Crippen LogP contribution < -0.4 is 5.32 Å². The maximum atomic E-state index is 10.9. The Bertz CT molecular complexity index is 902. The third-order valence-corrected chi connectivity index (χ3v) is 5.07. The summed E-state index contributed by atoms with van der Waals surface area (Å²) in [5.74, 6) is -0.287. The largest absolute Gasteiger partial charge is 0.465 e. The lowest BCUT2D eigenvalue weighted by Crippen LogP contribution is -2.27. The van der Waals surface area contributed by atoms with Gasteiger partial charge < -0.3 is 10.4 Å². The van der Waals surface area contributed by atoms with Crippen molar-refractivity contribution < 1.29 is 9.90 Å². The summed E-state index contributed by atoms with van der Waals surface area (Å²) in [4.78, 5) is 15.9. The Morgan fingerprint density at radius 3 is 2.77 bits per heavy atom. The molecule has 26 heavy (non-hydrogen) atoms. The maximum Gasteiger partial charge on any atom is 0.404 e. The quantitative estimate of drug-likeness (QED) is 0.515. The lowest BCUT2D eigenvalue weighted by atomic mass is 9.95. The molecule has 0 radical (unpaired) electrons. The van der Waals surface area contributed by atoms with Crippen LogP contribution in [-0.4, -0.2) is 32.9 Å². The highest BCUT2D eigenvalue weighted by atomic mass is 35.5. The van der Waals surface area contributed by atoms with Crippen LogP contribution in [0.3, 0.4) is 0 Å². The molecule has 0 aliphatic heterocycles. The summed E-state index contributed by atoms with van der Waals surface area (Å²) in [7, 11) is 0. The molecule has 0 bridgehead atoms. The van der Waals surface area contributed by atoms with E-state index in [1.54, 1.807) is 18.3 Å². The van der Waals surface area contributed by atoms with E-state index in [-0.39, 0.29) is 12.5 Å². The number of amides is 1. The van der Waals surface area contributed by atoms with Crippen molar-refractivity contribution >= 4 is 41.1 Å². The molecule has 9 heteroatoms. The number of carbonyl (C=O) groups is 1. The summed E-state index contributed by atoms with van der Waals surface area (Å²) >= 11 is 13.5. The van der Waals surface area contributed by atoms with Crippen LogP contribution in [0.4, 0.5) is 4.79 Å². The number of halogens is 2. The van der Waals surface area contributed by atoms with Crippen LogP contribution >= 0.6 is 35.0 Å². The monoisotopic (exact) mass is 408 g/mol. The van der Waals surface area contributed by atoms with E-state index in [0.717, 1.165) is 21.2 Å². The second-order valence-corrected chi connectivity index (χ2v) is 7.23. The molecule has 1 unspecified atom stereocenters. The fourth-order valence-electron chi connectivity index (χ4n) is 2.43. The molecule has 3 rings (SSSR count). The Balaban J connectivity index is 1.85. The van der Waals surface area contributed by atoms with E-state index in [0.29, 0.717) is 10.2 Å². The van der Waals surface area contributed by atoms with Crippen molar-refractivity contribution in [2.75, 3.05) is 6.54 Å². The molecule has 1 amide bonds. The summed E-state index contributed by atoms with van der Waals surface area (Å²) in [5, 5.41) is 20.4. The SMILES string of the molecule is O=C(O)NCC(c1cc(Sc2ccc(Cl)nc2)n[nH]1)c1ccccc1Cl. The molecule has 1 atom stereocenters. The summed E-state index contributed by atoms with van der Waals surface area (Å²) < 4.78 is 0. The molecule has 6 nitrogen and oxygen atoms in total. The van der Waals surface area contributed by atoms with Gasteiger partial charge in [0.1, 0.15) is 10.2 Å². The third-order valence-electron chi connectivity index (χ3n) is 3.61. The number of carboxylic acid groups (broad SMARTS) is 1. The van der Waals surface area contributed by atoms with Crippen molar-refractivity contribution in [1.29, 1.82) is 0 Å². The average Bonchev–Trinajstić information content (AvgIpc) is 3.07. The lowest BCUT2D eigenvalue weighted by molar-refractivity contribution is 0.194. The molecule has 3 N–H and O–H groups in total. The third kappa shape index (κ3) is 4.69. The smallest absolute Gasteiger partial charge is 0.404 e. The Labute approximate surface area is 163 Å². The molecule has 0 saturated heterocycles. The Morgan fingerprint density at radius 2 is 2.08 bits per heavy atom. The predicted octanol–water partition coefficient (Wildman–Crippen LogP) is 4.66. The molecule has 3 aromatic rings. The molecule has 0 fully saturated rings. The van der Waals surface area contributed by atoms with Gasteiger partial charge in [-0.2, -0.15) is 5.10 Å². The number of nitrogens with zero attached hydrogens (tertiary/aromatic N) is 2. The second kappa shape index (κ2) is 8.44. The topological polar surface area (TPSA) is 90.9 Å². The Kier molecular flexibility index (Phi) is 6.03. The van der Waals surface area contributed by atoms with Crippen LogP contribution in [0.25, 0.3) is 0 Å². The first-order valence-corrected chi connectivity index (χ1v) is 9.16. The van der Waals surface area contributed by atoms with E-state index in [2.05, 4.69) is 20.5 Å². The summed E-state index contributed by atoms with van der Waals surface area (Å²) in [5.41, 5.74) is 1.58. The first-order valence-electron chi connectivity index (χ1n) is 7.59. The van der Waals surface area contributed by atoms with Gasteiger partial charge in [0, 0.05) is 34.3 Å². The van der Waals surface area contributed by atoms with Crippen molar-refractivity contribution in [2.24, 2.45) is 0 Å². The van der Waals surface area contributed by atoms with Crippen molar-refractivity contribution in [1.82, 2.24) is 20.5 Å². The van der Waals surface area contributed by atoms with Gasteiger partial charge in [-0.1, -0.05) is 53.2 Å². The van der Waals surface area contributed by atoms with Gasteiger partial charge >= 0.3 is 6.09 Å². The molecular weight excluding hydrogens is 395 g/mol. The predicted molar refractivity (Wildman–Crippen MR) is 101 cm³/mol. The normalized spacial score (nSPS) is 11.9. The molecule has 2 aromatic heterocycles. The highest BCUT2D eigenvalue weighted by Crippen LogP contribution is 2.32. The van der Waals surface area contributed by atoms with E-state index in [1.165, 1.54) is 11.8 Å². The van der Waals surface area contributed by atoms with E-state index >= 15 is 0 Å². The van der Waals surface area contributed by atoms with Crippen LogP contribution in [-0.2, 0) is 0 Å². The van der Waals surface area contributed by atoms with E-state index in [4.69, 9.17) is 28.3 Å². The van der Waals surface area contributed by atoms with Crippen molar-refractivity contribution in [2.45, 2.75) is 15.8 Å². The highest BCUT2D eigenvalue weighted by molar-refractivity contribution is 7.99. The van der Waals surface area contributed by atoms with E-state index < -0.39 is 6.09 Å². The van der Waals surface area contributed by atoms with Crippen LogP contribution in [0.5, 0.6) is 0 Å². The fraction of sp³-hybridized carbons (Fsp3) is 0.118. The standard InChI is InChI=1S/C17H14Cl2N4O2S/c18-13-4-2-1-3-11(13)12(9-21-17(24)25)14-7-16(23-22-14)26-10-5-6-15(19)20-8-10/h1-8,12,21H,9H2,(H,22,23)(H,24,25). The number of nitrogens with one attached hydrogen (secondary N) is 2. The molecule has 1 aromatic carbocycles. The zero-order valence-corrected chi connectivity index (χ0v) is 15.6. The van der Waals surface area contributed by atoms with Crippen LogP contribution in [0.2, 0.25) is 10.2 Å². The van der Waals surface area contributed by atoms with Crippen LogP contribution in [0.15, 0.2) is 58.6 Å². The number of H-pyrrole nitrogens is 1. The van der Waals surface area contributed by atoms with Crippen molar-refractivity contribution in [3.63, 3.8) is 0 Å². The van der Waals surface area contributed by atoms with Gasteiger partial charge in [-0.3, -0.25) is 5.10 Å². The molecule has 0 saturated carbocycles. The second-order valence-electron chi connectivity index (χ2n) is 5.34. The number of benzene rings is 1. The summed E-state index contributed by atoms with van der Waals surface area (Å²) in [6.07, 6.45) is 0.571. The van der Waals surface area contributed by atoms with Crippen LogP contribution in [0, 0.1) is 0 Å². The number of rotatable bonds is 6. The molecule has 0 aliphatic rings. The molecule has 2 heterocycles. The summed E-state index contributed by atoms with van der Waals surface area (Å²) in [6.45, 7) is 0.174. The van der Waals surface area contributed by atoms with Gasteiger partial charge in [-0.15, -0.1) is 0 Å². The van der Waals surface area contributed by atoms with Gasteiger partial charge in [0.25, 0.3) is 0 Å². The number of aromatic nitrogens is 3. The van der Waals surface area contributed by atoms with Gasteiger partial charge in [0.2, 0.25) is 0 Å². The van der Waals surface area contributed by atoms with Gasteiger partial charge in [0.15, 0.2) is 0 Å². The molecule has 134 valence electrons. The molecule has 0 spiro atoms. The number of hydrogen-bond acceptors (Lipinski definition) is 4. The van der Waals surface area contributed by atoms with Gasteiger partial charge in [-0.25, -0.2) is 9.78 Å². The van der Waals surface area contributed by atoms with Crippen LogP contribution in [0.1, 0.15) is 17.2 Å². The minimum Gasteiger partial charge on any atom is -0.465 e. The first kappa shape index (κ1) is 18.6. The van der Waals surface area contributed by atoms with Gasteiger partial charge in [0.05, 0.1) is 0 Å². The first-order chi connectivity index (χ1) is 12.5. The van der Waals surface area contributed by atoms with Crippen molar-refractivity contribution in [3.05, 3.63) is 70.1 Å². The minimum atomic E-state index is -1.09. The van der Waals surface area contributed by atoms with Crippen molar-refractivity contribution in [3.8, 4) is 0 Å². The minimum absolute atomic E-state index is 0.174. The van der Waals surface area contributed by atoms with Gasteiger partial charge in [-0.05, 0) is 29.8 Å². The maximum absolute atomic E-state index is 10.9. The number of hydrogen-bond donors (Lipinski definition) is 3. The summed E-state index contributed by atoms with van der Waals surface area (Å²) in [6, 6.07) is 12.8. The lowest BCUT2D eigenvalue weighted by Gasteiger charge is -2.17. The Hall–Kier alpha value is -2.22. The zero-order chi connectivity index (χ0) is 18.5. The zero-order valence-electron chi connectivity index (χ0n) is 13.3. The fourth-order valence-corrected chi connectivity index (χ4v) is 3.57.